The minimum atomic E-state index is -0.259. The zero-order chi connectivity index (χ0) is 16.8. The molecule has 2 aromatic rings. The molecule has 6 nitrogen and oxygen atoms in total. The summed E-state index contributed by atoms with van der Waals surface area (Å²) in [6, 6.07) is 5.68. The van der Waals surface area contributed by atoms with E-state index < -0.39 is 0 Å². The maximum atomic E-state index is 12.2. The number of aromatic amines is 1. The Balaban J connectivity index is 2.01. The number of hydrogen-bond acceptors (Lipinski definition) is 3. The average molecular weight is 317 g/mol. The third-order valence-corrected chi connectivity index (χ3v) is 3.90. The van der Waals surface area contributed by atoms with Crippen molar-refractivity contribution in [2.24, 2.45) is 0 Å². The molecule has 23 heavy (non-hydrogen) atoms. The number of fused-ring (bicyclic) bond motifs is 1. The van der Waals surface area contributed by atoms with Gasteiger partial charge < -0.3 is 20.4 Å². The number of carbonyl (C=O) groups is 1. The summed E-state index contributed by atoms with van der Waals surface area (Å²) in [6.07, 6.45) is 0.482. The van der Waals surface area contributed by atoms with Crippen LogP contribution in [0.2, 0.25) is 0 Å². The minimum absolute atomic E-state index is 0.104. The van der Waals surface area contributed by atoms with Gasteiger partial charge in [-0.3, -0.25) is 4.79 Å². The summed E-state index contributed by atoms with van der Waals surface area (Å²) in [6.45, 7) is 5.35. The molecular weight excluding hydrogens is 294 g/mol. The van der Waals surface area contributed by atoms with E-state index in [2.05, 4.69) is 15.6 Å². The highest BCUT2D eigenvalue weighted by molar-refractivity contribution is 5.83. The number of H-pyrrole nitrogens is 1. The molecular formula is C17H23N3O3. The van der Waals surface area contributed by atoms with Crippen LogP contribution in [-0.2, 0) is 11.2 Å². The summed E-state index contributed by atoms with van der Waals surface area (Å²) in [7, 11) is 1.58. The van der Waals surface area contributed by atoms with E-state index in [0.717, 1.165) is 22.0 Å². The fraction of sp³-hybridized carbons (Fsp3) is 0.412. The molecule has 0 spiro atoms. The fourth-order valence-corrected chi connectivity index (χ4v) is 2.40. The van der Waals surface area contributed by atoms with Gasteiger partial charge in [0, 0.05) is 25.8 Å². The number of nitrogens with one attached hydrogen (secondary N) is 3. The molecule has 124 valence electrons. The van der Waals surface area contributed by atoms with Gasteiger partial charge in [0.1, 0.15) is 0 Å². The lowest BCUT2D eigenvalue weighted by atomic mass is 10.0. The topological polar surface area (TPSA) is 83.2 Å². The summed E-state index contributed by atoms with van der Waals surface area (Å²) < 4.78 is 4.85. The van der Waals surface area contributed by atoms with Crippen LogP contribution >= 0.6 is 0 Å². The summed E-state index contributed by atoms with van der Waals surface area (Å²) in [5, 5.41) is 6.40. The molecule has 2 rings (SSSR count). The normalized spacial score (nSPS) is 10.7. The highest BCUT2D eigenvalue weighted by Gasteiger charge is 2.07. The highest BCUT2D eigenvalue weighted by Crippen LogP contribution is 2.18. The molecule has 0 radical (unpaired) electrons. The van der Waals surface area contributed by atoms with Gasteiger partial charge in [-0.1, -0.05) is 12.1 Å². The summed E-state index contributed by atoms with van der Waals surface area (Å²) >= 11 is 0. The second-order valence-corrected chi connectivity index (χ2v) is 5.52. The van der Waals surface area contributed by atoms with Gasteiger partial charge >= 0.3 is 6.03 Å². The second kappa shape index (κ2) is 7.78. The lowest BCUT2D eigenvalue weighted by Gasteiger charge is -2.09. The van der Waals surface area contributed by atoms with Crippen molar-refractivity contribution in [3.05, 3.63) is 45.2 Å². The van der Waals surface area contributed by atoms with Crippen molar-refractivity contribution in [1.82, 2.24) is 15.6 Å². The molecule has 0 saturated heterocycles. The Morgan fingerprint density at radius 3 is 2.70 bits per heavy atom. The highest BCUT2D eigenvalue weighted by atomic mass is 16.5. The van der Waals surface area contributed by atoms with Gasteiger partial charge in [-0.15, -0.1) is 0 Å². The molecule has 0 atom stereocenters. The van der Waals surface area contributed by atoms with Crippen molar-refractivity contribution in [3.63, 3.8) is 0 Å². The molecule has 6 heteroatoms. The first kappa shape index (κ1) is 17.0. The molecule has 3 N–H and O–H groups in total. The number of benzene rings is 1. The molecule has 0 fully saturated rings. The van der Waals surface area contributed by atoms with Crippen LogP contribution in [0.25, 0.3) is 10.9 Å². The van der Waals surface area contributed by atoms with E-state index in [1.807, 2.05) is 32.0 Å². The van der Waals surface area contributed by atoms with E-state index in [-0.39, 0.29) is 11.6 Å². The number of hydrogen-bond donors (Lipinski definition) is 3. The van der Waals surface area contributed by atoms with Crippen molar-refractivity contribution < 1.29 is 9.53 Å². The Bertz CT molecular complexity index is 753. The molecule has 1 aromatic carbocycles. The summed E-state index contributed by atoms with van der Waals surface area (Å²) in [5.41, 5.74) is 3.67. The zero-order valence-corrected chi connectivity index (χ0v) is 13.8. The van der Waals surface area contributed by atoms with Crippen LogP contribution in [0.1, 0.15) is 16.7 Å². The van der Waals surface area contributed by atoms with E-state index in [9.17, 15) is 9.59 Å². The van der Waals surface area contributed by atoms with Gasteiger partial charge in [-0.25, -0.2) is 4.79 Å². The SMILES string of the molecule is COCCNC(=O)NCCc1cc2ccc(C)c(C)c2[nH]c1=O. The Labute approximate surface area is 135 Å². The maximum Gasteiger partial charge on any atom is 0.314 e. The van der Waals surface area contributed by atoms with Gasteiger partial charge in [0.15, 0.2) is 0 Å². The molecule has 0 saturated carbocycles. The van der Waals surface area contributed by atoms with Gasteiger partial charge in [-0.05, 0) is 42.8 Å². The molecule has 0 aliphatic heterocycles. The largest absolute Gasteiger partial charge is 0.383 e. The second-order valence-electron chi connectivity index (χ2n) is 5.52. The van der Waals surface area contributed by atoms with Gasteiger partial charge in [0.2, 0.25) is 0 Å². The summed E-state index contributed by atoms with van der Waals surface area (Å²) in [4.78, 5) is 26.7. The molecule has 1 heterocycles. The zero-order valence-electron chi connectivity index (χ0n) is 13.8. The van der Waals surface area contributed by atoms with Crippen molar-refractivity contribution in [2.45, 2.75) is 20.3 Å². The van der Waals surface area contributed by atoms with Crippen LogP contribution in [0, 0.1) is 13.8 Å². The van der Waals surface area contributed by atoms with Gasteiger partial charge in [-0.2, -0.15) is 0 Å². The van der Waals surface area contributed by atoms with E-state index in [4.69, 9.17) is 4.74 Å². The van der Waals surface area contributed by atoms with Crippen LogP contribution in [0.15, 0.2) is 23.0 Å². The molecule has 1 aromatic heterocycles. The average Bonchev–Trinajstić information content (AvgIpc) is 2.53. The van der Waals surface area contributed by atoms with E-state index in [1.165, 1.54) is 0 Å². The lowest BCUT2D eigenvalue weighted by molar-refractivity contribution is 0.196. The van der Waals surface area contributed by atoms with Crippen LogP contribution in [0.3, 0.4) is 0 Å². The van der Waals surface area contributed by atoms with E-state index in [1.54, 1.807) is 7.11 Å². The van der Waals surface area contributed by atoms with E-state index >= 15 is 0 Å². The van der Waals surface area contributed by atoms with Crippen LogP contribution in [0.4, 0.5) is 4.79 Å². The first-order chi connectivity index (χ1) is 11.0. The summed E-state index contributed by atoms with van der Waals surface area (Å²) in [5.74, 6) is 0. The Morgan fingerprint density at radius 2 is 1.96 bits per heavy atom. The standard InChI is InChI=1S/C17H23N3O3/c1-11-4-5-13-10-14(16(21)20-15(13)12(11)2)6-7-18-17(22)19-8-9-23-3/h4-5,10H,6-9H2,1-3H3,(H,20,21)(H2,18,19,22). The number of ether oxygens (including phenoxy) is 1. The quantitative estimate of drug-likeness (QED) is 0.708. The molecule has 0 unspecified atom stereocenters. The number of rotatable bonds is 6. The number of aryl methyl sites for hydroxylation is 2. The first-order valence-corrected chi connectivity index (χ1v) is 7.65. The number of urea groups is 1. The Hall–Kier alpha value is -2.34. The fourth-order valence-electron chi connectivity index (χ4n) is 2.40. The van der Waals surface area contributed by atoms with Crippen LogP contribution in [-0.4, -0.2) is 37.8 Å². The lowest BCUT2D eigenvalue weighted by Crippen LogP contribution is -2.38. The van der Waals surface area contributed by atoms with Crippen molar-refractivity contribution in [3.8, 4) is 0 Å². The van der Waals surface area contributed by atoms with Crippen molar-refractivity contribution >= 4 is 16.9 Å². The number of pyridine rings is 1. The number of carbonyl (C=O) groups excluding carboxylic acids is 1. The molecule has 2 amide bonds. The van der Waals surface area contributed by atoms with Crippen molar-refractivity contribution in [2.75, 3.05) is 26.8 Å². The predicted octanol–water partition coefficient (Wildman–Crippen LogP) is 1.63. The number of aromatic nitrogens is 1. The minimum Gasteiger partial charge on any atom is -0.383 e. The van der Waals surface area contributed by atoms with Gasteiger partial charge in [0.25, 0.3) is 5.56 Å². The van der Waals surface area contributed by atoms with Crippen LogP contribution in [0.5, 0.6) is 0 Å². The smallest absolute Gasteiger partial charge is 0.314 e. The molecule has 0 aliphatic carbocycles. The molecule has 0 bridgehead atoms. The third-order valence-electron chi connectivity index (χ3n) is 3.90. The number of methoxy groups -OCH3 is 1. The molecule has 0 aliphatic rings. The first-order valence-electron chi connectivity index (χ1n) is 7.65. The Morgan fingerprint density at radius 1 is 1.22 bits per heavy atom. The third kappa shape index (κ3) is 4.32. The van der Waals surface area contributed by atoms with Crippen LogP contribution < -0.4 is 16.2 Å². The van der Waals surface area contributed by atoms with E-state index in [0.29, 0.717) is 31.7 Å². The Kier molecular flexibility index (Phi) is 5.76. The maximum absolute atomic E-state index is 12.2. The predicted molar refractivity (Wildman–Crippen MR) is 91.0 cm³/mol. The van der Waals surface area contributed by atoms with Gasteiger partial charge in [0.05, 0.1) is 12.1 Å². The monoisotopic (exact) mass is 317 g/mol. The van der Waals surface area contributed by atoms with Crippen molar-refractivity contribution in [1.29, 1.82) is 0 Å². The number of amides is 2.